The maximum atomic E-state index is 4.74. The number of benzene rings is 2. The van der Waals surface area contributed by atoms with Crippen LogP contribution in [0.5, 0.6) is 0 Å². The topological polar surface area (TPSA) is 70.9 Å². The summed E-state index contributed by atoms with van der Waals surface area (Å²) in [6.45, 7) is 7.66. The van der Waals surface area contributed by atoms with E-state index in [0.717, 1.165) is 35.6 Å². The summed E-state index contributed by atoms with van der Waals surface area (Å²) in [6, 6.07) is 19.3. The number of aromatic nitrogens is 4. The number of anilines is 2. The molecule has 1 aliphatic rings. The van der Waals surface area contributed by atoms with Crippen molar-refractivity contribution in [1.82, 2.24) is 24.4 Å². The Morgan fingerprint density at radius 1 is 1.09 bits per heavy atom. The molecule has 5 rings (SSSR count). The van der Waals surface area contributed by atoms with Crippen LogP contribution in [0.15, 0.2) is 67.1 Å². The van der Waals surface area contributed by atoms with E-state index in [-0.39, 0.29) is 6.04 Å². The van der Waals surface area contributed by atoms with Gasteiger partial charge in [0.25, 0.3) is 0 Å². The molecule has 2 N–H and O–H groups in total. The van der Waals surface area contributed by atoms with Crippen molar-refractivity contribution >= 4 is 22.7 Å². The van der Waals surface area contributed by atoms with E-state index >= 15 is 0 Å². The van der Waals surface area contributed by atoms with Crippen molar-refractivity contribution in [2.45, 2.75) is 38.8 Å². The summed E-state index contributed by atoms with van der Waals surface area (Å²) in [5.41, 5.74) is 4.28. The minimum absolute atomic E-state index is 0.109. The predicted octanol–water partition coefficient (Wildman–Crippen LogP) is 4.88. The maximum Gasteiger partial charge on any atom is 0.225 e. The molecule has 2 aromatic heterocycles. The molecule has 0 radical (unpaired) electrons. The van der Waals surface area contributed by atoms with Crippen LogP contribution in [0.1, 0.15) is 38.3 Å². The molecule has 0 spiro atoms. The molecular weight excluding hydrogens is 410 g/mol. The third-order valence-corrected chi connectivity index (χ3v) is 6.53. The lowest BCUT2D eigenvalue weighted by Crippen LogP contribution is -2.34. The monoisotopic (exact) mass is 441 g/mol. The molecule has 0 saturated carbocycles. The van der Waals surface area contributed by atoms with Crippen molar-refractivity contribution in [3.63, 3.8) is 0 Å². The Morgan fingerprint density at radius 2 is 1.97 bits per heavy atom. The number of likely N-dealkylation sites (N-methyl/N-ethyl adjacent to an activating group) is 1. The first-order valence-electron chi connectivity index (χ1n) is 11.8. The minimum Gasteiger partial charge on any atom is -0.383 e. The zero-order valence-electron chi connectivity index (χ0n) is 19.3. The zero-order valence-corrected chi connectivity index (χ0v) is 19.3. The van der Waals surface area contributed by atoms with Gasteiger partial charge in [-0.3, -0.25) is 9.47 Å². The summed E-state index contributed by atoms with van der Waals surface area (Å²) in [6.07, 6.45) is 6.18. The van der Waals surface area contributed by atoms with E-state index in [4.69, 9.17) is 4.98 Å². The Hall–Kier alpha value is -3.45. The summed E-state index contributed by atoms with van der Waals surface area (Å²) in [5.74, 6) is 1.39. The molecule has 170 valence electrons. The predicted molar refractivity (Wildman–Crippen MR) is 134 cm³/mol. The molecular formula is C26H31N7. The average Bonchev–Trinajstić information content (AvgIpc) is 3.49. The summed E-state index contributed by atoms with van der Waals surface area (Å²) in [5, 5.41) is 7.01. The molecule has 1 fully saturated rings. The first-order valence-corrected chi connectivity index (χ1v) is 11.8. The number of hydrogen-bond acceptors (Lipinski definition) is 6. The Morgan fingerprint density at radius 3 is 2.82 bits per heavy atom. The van der Waals surface area contributed by atoms with Gasteiger partial charge in [-0.15, -0.1) is 0 Å². The van der Waals surface area contributed by atoms with Gasteiger partial charge in [-0.2, -0.15) is 4.98 Å². The summed E-state index contributed by atoms with van der Waals surface area (Å²) < 4.78 is 2.01. The molecule has 2 atom stereocenters. The fraction of sp³-hybridized carbons (Fsp3) is 0.346. The molecule has 7 nitrogen and oxygen atoms in total. The van der Waals surface area contributed by atoms with Gasteiger partial charge in [-0.1, -0.05) is 37.3 Å². The Kier molecular flexibility index (Phi) is 6.21. The quantitative estimate of drug-likeness (QED) is 0.406. The second-order valence-corrected chi connectivity index (χ2v) is 8.64. The van der Waals surface area contributed by atoms with Crippen LogP contribution in [0.3, 0.4) is 0 Å². The van der Waals surface area contributed by atoms with Crippen LogP contribution >= 0.6 is 0 Å². The lowest BCUT2D eigenvalue weighted by atomic mass is 10.1. The van der Waals surface area contributed by atoms with Crippen molar-refractivity contribution < 1.29 is 0 Å². The molecule has 2 aromatic carbocycles. The molecule has 7 heteroatoms. The molecule has 0 amide bonds. The van der Waals surface area contributed by atoms with Gasteiger partial charge in [0.1, 0.15) is 12.1 Å². The van der Waals surface area contributed by atoms with Crippen LogP contribution in [0.25, 0.3) is 16.9 Å². The molecule has 1 unspecified atom stereocenters. The highest BCUT2D eigenvalue weighted by Gasteiger charge is 2.22. The Bertz CT molecular complexity index is 1200. The first kappa shape index (κ1) is 21.4. The second-order valence-electron chi connectivity index (χ2n) is 8.64. The molecule has 1 saturated heterocycles. The third kappa shape index (κ3) is 4.68. The maximum absolute atomic E-state index is 4.74. The van der Waals surface area contributed by atoms with Gasteiger partial charge < -0.3 is 10.6 Å². The smallest absolute Gasteiger partial charge is 0.225 e. The fourth-order valence-electron chi connectivity index (χ4n) is 4.66. The Labute approximate surface area is 194 Å². The molecule has 1 aliphatic heterocycles. The fourth-order valence-corrected chi connectivity index (χ4v) is 4.66. The van der Waals surface area contributed by atoms with Crippen LogP contribution in [-0.2, 0) is 0 Å². The Balaban J connectivity index is 1.31. The van der Waals surface area contributed by atoms with Crippen molar-refractivity contribution in [2.75, 3.05) is 30.3 Å². The van der Waals surface area contributed by atoms with Gasteiger partial charge in [0.15, 0.2) is 0 Å². The van der Waals surface area contributed by atoms with Crippen molar-refractivity contribution in [3.8, 4) is 5.82 Å². The van der Waals surface area contributed by atoms with Gasteiger partial charge in [0.2, 0.25) is 5.95 Å². The minimum atomic E-state index is 0.109. The molecule has 3 heterocycles. The second kappa shape index (κ2) is 9.58. The van der Waals surface area contributed by atoms with Crippen LogP contribution in [0, 0.1) is 0 Å². The number of nitrogens with one attached hydrogen (secondary N) is 2. The van der Waals surface area contributed by atoms with Crippen LogP contribution in [0.2, 0.25) is 0 Å². The molecule has 0 bridgehead atoms. The highest BCUT2D eigenvalue weighted by Crippen LogP contribution is 2.23. The molecule has 33 heavy (non-hydrogen) atoms. The van der Waals surface area contributed by atoms with Crippen molar-refractivity contribution in [3.05, 3.63) is 72.7 Å². The number of hydrogen-bond donors (Lipinski definition) is 2. The number of nitrogens with zero attached hydrogens (tertiary/aromatic N) is 5. The number of likely N-dealkylation sites (tertiary alicyclic amines) is 1. The first-order chi connectivity index (χ1) is 16.2. The van der Waals surface area contributed by atoms with Crippen molar-refractivity contribution in [1.29, 1.82) is 0 Å². The van der Waals surface area contributed by atoms with Gasteiger partial charge in [-0.05, 0) is 62.7 Å². The number of imidazole rings is 1. The van der Waals surface area contributed by atoms with E-state index in [2.05, 4.69) is 69.7 Å². The summed E-state index contributed by atoms with van der Waals surface area (Å²) in [4.78, 5) is 16.3. The summed E-state index contributed by atoms with van der Waals surface area (Å²) >= 11 is 0. The average molecular weight is 442 g/mol. The molecule has 0 aliphatic carbocycles. The van der Waals surface area contributed by atoms with Gasteiger partial charge >= 0.3 is 0 Å². The molecule has 4 aromatic rings. The highest BCUT2D eigenvalue weighted by atomic mass is 15.2. The van der Waals surface area contributed by atoms with Crippen LogP contribution in [0.4, 0.5) is 11.6 Å². The normalized spacial score (nSPS) is 17.3. The largest absolute Gasteiger partial charge is 0.383 e. The standard InChI is InChI=1S/C26H31N7/c1-3-32-15-7-10-22(32)17-28-21-11-12-24-23(16-21)29-18-33(24)25-13-14-27-26(31-25)30-19(2)20-8-5-4-6-9-20/h4-6,8-9,11-14,16,18-19,22,28H,3,7,10,15,17H2,1-2H3,(H,27,30,31)/t19-,22?/m0/s1. The van der Waals surface area contributed by atoms with Crippen molar-refractivity contribution in [2.24, 2.45) is 0 Å². The number of rotatable bonds is 8. The van der Waals surface area contributed by atoms with Gasteiger partial charge in [0, 0.05) is 24.5 Å². The SMILES string of the molecule is CCN1CCCC1CNc1ccc2c(c1)ncn2-c1ccnc(N[C@@H](C)c2ccccc2)n1. The van der Waals surface area contributed by atoms with Gasteiger partial charge in [-0.25, -0.2) is 9.97 Å². The van der Waals surface area contributed by atoms with E-state index in [1.54, 1.807) is 6.20 Å². The van der Waals surface area contributed by atoms with E-state index in [0.29, 0.717) is 12.0 Å². The van der Waals surface area contributed by atoms with Gasteiger partial charge in [0.05, 0.1) is 17.1 Å². The lowest BCUT2D eigenvalue weighted by molar-refractivity contribution is 0.277. The van der Waals surface area contributed by atoms with Crippen LogP contribution < -0.4 is 10.6 Å². The van der Waals surface area contributed by atoms with E-state index in [1.807, 2.05) is 35.2 Å². The van der Waals surface area contributed by atoms with Crippen LogP contribution in [-0.4, -0.2) is 50.1 Å². The third-order valence-electron chi connectivity index (χ3n) is 6.53. The summed E-state index contributed by atoms with van der Waals surface area (Å²) in [7, 11) is 0. The zero-order chi connectivity index (χ0) is 22.6. The van der Waals surface area contributed by atoms with E-state index in [1.165, 1.54) is 24.9 Å². The number of fused-ring (bicyclic) bond motifs is 1. The highest BCUT2D eigenvalue weighted by molar-refractivity contribution is 5.81. The van der Waals surface area contributed by atoms with E-state index in [9.17, 15) is 0 Å². The lowest BCUT2D eigenvalue weighted by Gasteiger charge is -2.23. The van der Waals surface area contributed by atoms with E-state index < -0.39 is 0 Å².